The van der Waals surface area contributed by atoms with E-state index in [1.165, 1.54) is 34.6 Å². The average molecular weight is 403 g/mol. The molecule has 0 saturated heterocycles. The molecule has 8 heteroatoms. The van der Waals surface area contributed by atoms with Crippen molar-refractivity contribution in [2.24, 2.45) is 0 Å². The zero-order valence-electron chi connectivity index (χ0n) is 15.6. The molecule has 2 amide bonds. The Labute approximate surface area is 170 Å². The Kier molecular flexibility index (Phi) is 3.58. The van der Waals surface area contributed by atoms with Crippen molar-refractivity contribution in [3.8, 4) is 0 Å². The average Bonchev–Trinajstić information content (AvgIpc) is 3.31. The third-order valence-corrected chi connectivity index (χ3v) is 6.96. The molecule has 1 aliphatic carbocycles. The maximum absolute atomic E-state index is 12.7. The van der Waals surface area contributed by atoms with Gasteiger partial charge in [0.1, 0.15) is 11.2 Å². The molecule has 2 aliphatic rings. The van der Waals surface area contributed by atoms with Gasteiger partial charge < -0.3 is 0 Å². The number of carbonyl (C=O) groups excluding carboxylic acids is 2. The number of hydrogen-bond acceptors (Lipinski definition) is 6. The number of amides is 2. The summed E-state index contributed by atoms with van der Waals surface area (Å²) >= 11 is 1.75. The number of aryl methyl sites for hydroxylation is 2. The van der Waals surface area contributed by atoms with Crippen molar-refractivity contribution in [2.75, 3.05) is 0 Å². The van der Waals surface area contributed by atoms with Gasteiger partial charge in [0.05, 0.1) is 23.1 Å². The Bertz CT molecular complexity index is 1290. The van der Waals surface area contributed by atoms with E-state index in [9.17, 15) is 9.59 Å². The minimum atomic E-state index is -0.294. The van der Waals surface area contributed by atoms with Crippen LogP contribution in [0.3, 0.4) is 0 Å². The number of hydrogen-bond donors (Lipinski definition) is 0. The Morgan fingerprint density at radius 3 is 2.55 bits per heavy atom. The molecule has 0 atom stereocenters. The van der Waals surface area contributed by atoms with Gasteiger partial charge in [-0.05, 0) is 43.4 Å². The summed E-state index contributed by atoms with van der Waals surface area (Å²) in [7, 11) is 0. The SMILES string of the molecule is O=C1c2ccccc2C(=O)N1Cc1nc2c3c4c(sc3ncn2n1)CCCCC4. The summed E-state index contributed by atoms with van der Waals surface area (Å²) in [6, 6.07) is 6.89. The van der Waals surface area contributed by atoms with E-state index in [1.807, 2.05) is 0 Å². The van der Waals surface area contributed by atoms with Gasteiger partial charge in [0.15, 0.2) is 11.5 Å². The van der Waals surface area contributed by atoms with Gasteiger partial charge in [0.2, 0.25) is 0 Å². The molecular weight excluding hydrogens is 386 g/mol. The second kappa shape index (κ2) is 6.18. The Balaban J connectivity index is 1.42. The van der Waals surface area contributed by atoms with Crippen molar-refractivity contribution < 1.29 is 9.59 Å². The van der Waals surface area contributed by atoms with Crippen molar-refractivity contribution >= 4 is 39.0 Å². The van der Waals surface area contributed by atoms with Crippen LogP contribution >= 0.6 is 11.3 Å². The van der Waals surface area contributed by atoms with Crippen LogP contribution in [0.15, 0.2) is 30.6 Å². The first kappa shape index (κ1) is 16.8. The van der Waals surface area contributed by atoms with E-state index in [1.54, 1.807) is 46.4 Å². The number of imide groups is 1. The highest BCUT2D eigenvalue weighted by Crippen LogP contribution is 2.36. The normalized spacial score (nSPS) is 16.5. The highest BCUT2D eigenvalue weighted by molar-refractivity contribution is 7.19. The summed E-state index contributed by atoms with van der Waals surface area (Å²) in [5, 5.41) is 5.59. The fraction of sp³-hybridized carbons (Fsp3) is 0.286. The lowest BCUT2D eigenvalue weighted by Crippen LogP contribution is -2.29. The zero-order chi connectivity index (χ0) is 19.5. The number of carbonyl (C=O) groups is 2. The second-order valence-electron chi connectivity index (χ2n) is 7.53. The van der Waals surface area contributed by atoms with Crippen molar-refractivity contribution in [3.05, 3.63) is 58.0 Å². The third-order valence-electron chi connectivity index (χ3n) is 5.76. The lowest BCUT2D eigenvalue weighted by atomic mass is 10.1. The maximum atomic E-state index is 12.7. The Morgan fingerprint density at radius 2 is 1.76 bits per heavy atom. The number of benzene rings is 1. The Morgan fingerprint density at radius 1 is 1.00 bits per heavy atom. The minimum absolute atomic E-state index is 0.0574. The smallest absolute Gasteiger partial charge is 0.261 e. The summed E-state index contributed by atoms with van der Waals surface area (Å²) in [5.41, 5.74) is 2.99. The number of fused-ring (bicyclic) bond motifs is 6. The van der Waals surface area contributed by atoms with E-state index in [0.717, 1.165) is 28.7 Å². The highest BCUT2D eigenvalue weighted by Gasteiger charge is 2.36. The Hall–Kier alpha value is -3.13. The molecule has 7 nitrogen and oxygen atoms in total. The predicted molar refractivity (Wildman–Crippen MR) is 108 cm³/mol. The third kappa shape index (κ3) is 2.45. The molecule has 0 fully saturated rings. The van der Waals surface area contributed by atoms with Crippen LogP contribution in [0.1, 0.15) is 56.2 Å². The summed E-state index contributed by atoms with van der Waals surface area (Å²) in [4.78, 5) is 38.2. The summed E-state index contributed by atoms with van der Waals surface area (Å²) in [6.07, 6.45) is 7.45. The molecule has 1 aliphatic heterocycles. The largest absolute Gasteiger partial charge is 0.269 e. The summed E-state index contributed by atoms with van der Waals surface area (Å²) in [6.45, 7) is 0.0574. The van der Waals surface area contributed by atoms with Crippen LogP contribution in [0.4, 0.5) is 0 Å². The zero-order valence-corrected chi connectivity index (χ0v) is 16.4. The molecule has 0 spiro atoms. The number of nitrogens with zero attached hydrogens (tertiary/aromatic N) is 5. The molecule has 144 valence electrons. The first-order valence-corrected chi connectivity index (χ1v) is 10.6. The molecule has 29 heavy (non-hydrogen) atoms. The van der Waals surface area contributed by atoms with Crippen LogP contribution in [-0.2, 0) is 19.4 Å². The highest BCUT2D eigenvalue weighted by atomic mass is 32.1. The standard InChI is InChI=1S/C21H17N5O2S/c27-20-12-6-4-5-7-13(12)21(28)25(20)10-16-23-18-17-14-8-2-1-3-9-15(14)29-19(17)22-11-26(18)24-16/h4-7,11H,1-3,8-10H2. The first-order valence-electron chi connectivity index (χ1n) is 9.80. The molecule has 0 unspecified atom stereocenters. The van der Waals surface area contributed by atoms with Crippen LogP contribution < -0.4 is 0 Å². The van der Waals surface area contributed by atoms with E-state index >= 15 is 0 Å². The van der Waals surface area contributed by atoms with Gasteiger partial charge in [-0.3, -0.25) is 14.5 Å². The van der Waals surface area contributed by atoms with Gasteiger partial charge >= 0.3 is 0 Å². The fourth-order valence-electron chi connectivity index (χ4n) is 4.37. The van der Waals surface area contributed by atoms with Crippen LogP contribution in [0.25, 0.3) is 15.9 Å². The van der Waals surface area contributed by atoms with E-state index in [4.69, 9.17) is 4.98 Å². The molecule has 0 bridgehead atoms. The second-order valence-corrected chi connectivity index (χ2v) is 8.61. The lowest BCUT2D eigenvalue weighted by Gasteiger charge is -2.10. The van der Waals surface area contributed by atoms with Gasteiger partial charge in [-0.25, -0.2) is 14.5 Å². The molecule has 3 aromatic heterocycles. The first-order chi connectivity index (χ1) is 14.2. The predicted octanol–water partition coefficient (Wildman–Crippen LogP) is 3.40. The molecule has 6 rings (SSSR count). The van der Waals surface area contributed by atoms with Gasteiger partial charge in [-0.1, -0.05) is 18.6 Å². The maximum Gasteiger partial charge on any atom is 0.261 e. The van der Waals surface area contributed by atoms with Crippen molar-refractivity contribution in [1.29, 1.82) is 0 Å². The van der Waals surface area contributed by atoms with Gasteiger partial charge in [-0.15, -0.1) is 16.4 Å². The molecule has 0 radical (unpaired) electrons. The van der Waals surface area contributed by atoms with E-state index < -0.39 is 0 Å². The molecule has 1 aromatic carbocycles. The summed E-state index contributed by atoms with van der Waals surface area (Å²) in [5.74, 6) is -0.142. The van der Waals surface area contributed by atoms with Gasteiger partial charge in [0, 0.05) is 4.88 Å². The lowest BCUT2D eigenvalue weighted by molar-refractivity contribution is 0.0638. The topological polar surface area (TPSA) is 80.5 Å². The molecule has 4 heterocycles. The quantitative estimate of drug-likeness (QED) is 0.379. The monoisotopic (exact) mass is 403 g/mol. The number of rotatable bonds is 2. The van der Waals surface area contributed by atoms with E-state index in [-0.39, 0.29) is 18.4 Å². The van der Waals surface area contributed by atoms with Gasteiger partial charge in [-0.2, -0.15) is 0 Å². The molecular formula is C21H17N5O2S. The van der Waals surface area contributed by atoms with Crippen LogP contribution in [0.5, 0.6) is 0 Å². The molecule has 0 N–H and O–H groups in total. The van der Waals surface area contributed by atoms with Crippen molar-refractivity contribution in [2.45, 2.75) is 38.6 Å². The van der Waals surface area contributed by atoms with E-state index in [2.05, 4.69) is 10.1 Å². The summed E-state index contributed by atoms with van der Waals surface area (Å²) < 4.78 is 1.67. The fourth-order valence-corrected chi connectivity index (χ4v) is 5.59. The van der Waals surface area contributed by atoms with Gasteiger partial charge in [0.25, 0.3) is 11.8 Å². The van der Waals surface area contributed by atoms with E-state index in [0.29, 0.717) is 17.0 Å². The van der Waals surface area contributed by atoms with Crippen molar-refractivity contribution in [1.82, 2.24) is 24.5 Å². The number of thiophene rings is 1. The van der Waals surface area contributed by atoms with Crippen LogP contribution in [0, 0.1) is 0 Å². The molecule has 4 aromatic rings. The minimum Gasteiger partial charge on any atom is -0.269 e. The van der Waals surface area contributed by atoms with Crippen molar-refractivity contribution in [3.63, 3.8) is 0 Å². The number of aromatic nitrogens is 4. The molecule has 0 saturated carbocycles. The van der Waals surface area contributed by atoms with Crippen LogP contribution in [-0.4, -0.2) is 36.3 Å². The van der Waals surface area contributed by atoms with Crippen LogP contribution in [0.2, 0.25) is 0 Å².